The van der Waals surface area contributed by atoms with E-state index in [0.717, 1.165) is 16.0 Å². The Morgan fingerprint density at radius 3 is 2.19 bits per heavy atom. The Balaban J connectivity index is 1.84. The van der Waals surface area contributed by atoms with Crippen molar-refractivity contribution >= 4 is 29.1 Å². The number of Topliss-reactive ketones (excluding diaryl/α,β-unsaturated/α-hetero) is 1. The molecule has 4 heteroatoms. The molecule has 3 aromatic rings. The Morgan fingerprint density at radius 1 is 0.962 bits per heavy atom. The first-order chi connectivity index (χ1) is 12.5. The van der Waals surface area contributed by atoms with E-state index in [1.807, 2.05) is 55.5 Å². The minimum atomic E-state index is -0.283. The van der Waals surface area contributed by atoms with Gasteiger partial charge < -0.3 is 0 Å². The maximum absolute atomic E-state index is 13.3. The fourth-order valence-corrected chi connectivity index (χ4v) is 3.88. The molecule has 0 saturated heterocycles. The Labute approximate surface area is 162 Å². The maximum atomic E-state index is 13.3. The monoisotopic (exact) mass is 384 g/mol. The van der Waals surface area contributed by atoms with E-state index in [-0.39, 0.29) is 16.9 Å². The van der Waals surface area contributed by atoms with Crippen LogP contribution >= 0.6 is 23.4 Å². The standard InChI is InChI=1S/C22H18ClFOS/c1-15-2-4-16(5-3-15)21(25)14-22(17-6-10-19(24)11-7-17)26-20-12-8-18(23)9-13-20/h2-13,22H,14H2,1H3. The Morgan fingerprint density at radius 2 is 1.58 bits per heavy atom. The summed E-state index contributed by atoms with van der Waals surface area (Å²) in [4.78, 5) is 13.8. The van der Waals surface area contributed by atoms with Gasteiger partial charge in [-0.05, 0) is 48.9 Å². The summed E-state index contributed by atoms with van der Waals surface area (Å²) in [6.45, 7) is 1.99. The second-order valence-electron chi connectivity index (χ2n) is 6.11. The van der Waals surface area contributed by atoms with E-state index in [9.17, 15) is 9.18 Å². The SMILES string of the molecule is Cc1ccc(C(=O)CC(Sc2ccc(Cl)cc2)c2ccc(F)cc2)cc1. The molecular formula is C22H18ClFOS. The van der Waals surface area contributed by atoms with E-state index in [2.05, 4.69) is 0 Å². The summed E-state index contributed by atoms with van der Waals surface area (Å²) in [5, 5.41) is 0.564. The fourth-order valence-electron chi connectivity index (χ4n) is 2.61. The second-order valence-corrected chi connectivity index (χ2v) is 7.82. The summed E-state index contributed by atoms with van der Waals surface area (Å²) in [6.07, 6.45) is 0.335. The summed E-state index contributed by atoms with van der Waals surface area (Å²) < 4.78 is 13.3. The average Bonchev–Trinajstić information content (AvgIpc) is 2.64. The van der Waals surface area contributed by atoms with Gasteiger partial charge in [0.1, 0.15) is 5.82 Å². The molecule has 0 aromatic heterocycles. The Bertz CT molecular complexity index is 874. The van der Waals surface area contributed by atoms with Crippen LogP contribution in [0.2, 0.25) is 5.02 Å². The first kappa shape index (κ1) is 18.7. The molecule has 0 spiro atoms. The summed E-state index contributed by atoms with van der Waals surface area (Å²) in [5.74, 6) is -0.213. The van der Waals surface area contributed by atoms with Gasteiger partial charge in [0.25, 0.3) is 0 Å². The molecule has 0 aliphatic carbocycles. The molecule has 0 fully saturated rings. The summed E-state index contributed by atoms with van der Waals surface area (Å²) >= 11 is 7.54. The molecular weight excluding hydrogens is 367 g/mol. The van der Waals surface area contributed by atoms with Crippen molar-refractivity contribution in [1.82, 2.24) is 0 Å². The third kappa shape index (κ3) is 4.96. The number of rotatable bonds is 6. The Hall–Kier alpha value is -2.10. The second kappa shape index (κ2) is 8.52. The van der Waals surface area contributed by atoms with Gasteiger partial charge in [0.2, 0.25) is 0 Å². The van der Waals surface area contributed by atoms with E-state index < -0.39 is 0 Å². The molecule has 0 aliphatic rings. The fraction of sp³-hybridized carbons (Fsp3) is 0.136. The molecule has 0 bridgehead atoms. The van der Waals surface area contributed by atoms with Crippen LogP contribution in [-0.2, 0) is 0 Å². The summed E-state index contributed by atoms with van der Waals surface area (Å²) in [5.41, 5.74) is 2.73. The molecule has 1 atom stereocenters. The van der Waals surface area contributed by atoms with E-state index in [1.54, 1.807) is 23.9 Å². The van der Waals surface area contributed by atoms with Crippen molar-refractivity contribution in [3.05, 3.63) is 100 Å². The molecule has 1 nitrogen and oxygen atoms in total. The average molecular weight is 385 g/mol. The molecule has 0 aliphatic heterocycles. The summed E-state index contributed by atoms with van der Waals surface area (Å²) in [6, 6.07) is 21.4. The highest BCUT2D eigenvalue weighted by Crippen LogP contribution is 2.39. The zero-order valence-corrected chi connectivity index (χ0v) is 15.9. The van der Waals surface area contributed by atoms with Gasteiger partial charge in [-0.2, -0.15) is 0 Å². The predicted molar refractivity (Wildman–Crippen MR) is 107 cm³/mol. The van der Waals surface area contributed by atoms with Crippen LogP contribution in [-0.4, -0.2) is 5.78 Å². The van der Waals surface area contributed by atoms with Gasteiger partial charge in [0.05, 0.1) is 0 Å². The third-order valence-electron chi connectivity index (χ3n) is 4.08. The minimum Gasteiger partial charge on any atom is -0.294 e. The predicted octanol–water partition coefficient (Wildman–Crippen LogP) is 6.89. The molecule has 1 unspecified atom stereocenters. The lowest BCUT2D eigenvalue weighted by Gasteiger charge is -2.17. The van der Waals surface area contributed by atoms with Gasteiger partial charge in [-0.15, -0.1) is 11.8 Å². The number of benzene rings is 3. The number of hydrogen-bond donors (Lipinski definition) is 0. The van der Waals surface area contributed by atoms with Gasteiger partial charge >= 0.3 is 0 Å². The first-order valence-corrected chi connectivity index (χ1v) is 9.54. The topological polar surface area (TPSA) is 17.1 Å². The highest BCUT2D eigenvalue weighted by Gasteiger charge is 2.19. The molecule has 0 N–H and O–H groups in total. The van der Waals surface area contributed by atoms with Gasteiger partial charge in [-0.3, -0.25) is 4.79 Å². The zero-order chi connectivity index (χ0) is 18.5. The van der Waals surface area contributed by atoms with Crippen molar-refractivity contribution in [3.8, 4) is 0 Å². The van der Waals surface area contributed by atoms with Gasteiger partial charge in [-0.25, -0.2) is 4.39 Å². The smallest absolute Gasteiger partial charge is 0.164 e. The van der Waals surface area contributed by atoms with Crippen LogP contribution in [0.1, 0.15) is 33.2 Å². The molecule has 0 heterocycles. The van der Waals surface area contributed by atoms with Gasteiger partial charge in [0.15, 0.2) is 5.78 Å². The van der Waals surface area contributed by atoms with E-state index >= 15 is 0 Å². The molecule has 3 aromatic carbocycles. The van der Waals surface area contributed by atoms with Crippen molar-refractivity contribution in [2.24, 2.45) is 0 Å². The number of thioether (sulfide) groups is 1. The quantitative estimate of drug-likeness (QED) is 0.340. The molecule has 26 heavy (non-hydrogen) atoms. The number of carbonyl (C=O) groups excluding carboxylic acids is 1. The number of halogens is 2. The van der Waals surface area contributed by atoms with Gasteiger partial charge in [0, 0.05) is 27.2 Å². The van der Waals surface area contributed by atoms with Crippen molar-refractivity contribution in [2.75, 3.05) is 0 Å². The summed E-state index contributed by atoms with van der Waals surface area (Å²) in [7, 11) is 0. The lowest BCUT2D eigenvalue weighted by atomic mass is 10.0. The molecule has 132 valence electrons. The normalized spacial score (nSPS) is 12.0. The van der Waals surface area contributed by atoms with E-state index in [0.29, 0.717) is 17.0 Å². The van der Waals surface area contributed by atoms with Crippen LogP contribution in [0.4, 0.5) is 4.39 Å². The highest BCUT2D eigenvalue weighted by atomic mass is 35.5. The first-order valence-electron chi connectivity index (χ1n) is 8.29. The molecule has 0 radical (unpaired) electrons. The van der Waals surface area contributed by atoms with Crippen LogP contribution in [0.25, 0.3) is 0 Å². The lowest BCUT2D eigenvalue weighted by Crippen LogP contribution is -2.05. The number of hydrogen-bond acceptors (Lipinski definition) is 2. The Kier molecular flexibility index (Phi) is 6.12. The van der Waals surface area contributed by atoms with Crippen LogP contribution < -0.4 is 0 Å². The van der Waals surface area contributed by atoms with E-state index in [1.165, 1.54) is 12.1 Å². The van der Waals surface area contributed by atoms with Gasteiger partial charge in [-0.1, -0.05) is 53.6 Å². The highest BCUT2D eigenvalue weighted by molar-refractivity contribution is 7.99. The van der Waals surface area contributed by atoms with Crippen LogP contribution in [0.15, 0.2) is 77.7 Å². The van der Waals surface area contributed by atoms with Crippen molar-refractivity contribution in [1.29, 1.82) is 0 Å². The van der Waals surface area contributed by atoms with E-state index in [4.69, 9.17) is 11.6 Å². The lowest BCUT2D eigenvalue weighted by molar-refractivity contribution is 0.0982. The van der Waals surface area contributed by atoms with Crippen molar-refractivity contribution < 1.29 is 9.18 Å². The van der Waals surface area contributed by atoms with Crippen LogP contribution in [0.3, 0.4) is 0 Å². The number of aryl methyl sites for hydroxylation is 1. The van der Waals surface area contributed by atoms with Crippen molar-refractivity contribution in [2.45, 2.75) is 23.5 Å². The number of ketones is 1. The van der Waals surface area contributed by atoms with Crippen LogP contribution in [0, 0.1) is 12.7 Å². The molecule has 0 saturated carbocycles. The van der Waals surface area contributed by atoms with Crippen LogP contribution in [0.5, 0.6) is 0 Å². The third-order valence-corrected chi connectivity index (χ3v) is 5.60. The largest absolute Gasteiger partial charge is 0.294 e. The maximum Gasteiger partial charge on any atom is 0.164 e. The van der Waals surface area contributed by atoms with Crippen molar-refractivity contribution in [3.63, 3.8) is 0 Å². The minimum absolute atomic E-state index is 0.0702. The molecule has 3 rings (SSSR count). The zero-order valence-electron chi connectivity index (χ0n) is 14.3. The number of carbonyl (C=O) groups is 1. The molecule has 0 amide bonds.